The Balaban J connectivity index is 1.36. The number of nitrogens with zero attached hydrogens (tertiary/aromatic N) is 3. The number of halogens is 1. The number of carbonyl (C=O) groups excluding carboxylic acids is 2. The zero-order chi connectivity index (χ0) is 25.9. The number of benzene rings is 2. The predicted octanol–water partition coefficient (Wildman–Crippen LogP) is 5.89. The van der Waals surface area contributed by atoms with Gasteiger partial charge in [0.1, 0.15) is 10.9 Å². The van der Waals surface area contributed by atoms with Crippen LogP contribution in [0.1, 0.15) is 52.4 Å². The highest BCUT2D eigenvalue weighted by Crippen LogP contribution is 2.39. The second-order valence-corrected chi connectivity index (χ2v) is 9.52. The molecule has 2 aromatic carbocycles. The Morgan fingerprint density at radius 3 is 2.57 bits per heavy atom. The fraction of sp³-hybridized carbons (Fsp3) is 0.214. The molecular weight excluding hydrogens is 490 g/mol. The Labute approximate surface area is 219 Å². The van der Waals surface area contributed by atoms with E-state index in [-0.39, 0.29) is 28.4 Å². The van der Waals surface area contributed by atoms with Gasteiger partial charge in [-0.05, 0) is 55.7 Å². The molecule has 1 saturated carbocycles. The average molecular weight is 516 g/mol. The summed E-state index contributed by atoms with van der Waals surface area (Å²) in [6, 6.07) is 17.5. The van der Waals surface area contributed by atoms with E-state index in [1.54, 1.807) is 24.3 Å². The van der Waals surface area contributed by atoms with Gasteiger partial charge in [-0.1, -0.05) is 47.9 Å². The lowest BCUT2D eigenvalue weighted by molar-refractivity contribution is 0.102. The molecule has 37 heavy (non-hydrogen) atoms. The fourth-order valence-electron chi connectivity index (χ4n) is 4.22. The van der Waals surface area contributed by atoms with E-state index < -0.39 is 5.91 Å². The Morgan fingerprint density at radius 1 is 1.11 bits per heavy atom. The molecule has 0 saturated heterocycles. The number of nitrogens with one attached hydrogen (secondary N) is 2. The van der Waals surface area contributed by atoms with E-state index in [1.165, 1.54) is 16.9 Å². The lowest BCUT2D eigenvalue weighted by atomic mass is 9.82. The minimum Gasteiger partial charge on any atom is -0.507 e. The van der Waals surface area contributed by atoms with Crippen molar-refractivity contribution in [3.63, 3.8) is 0 Å². The number of hydrogen-bond donors (Lipinski definition) is 3. The van der Waals surface area contributed by atoms with Crippen LogP contribution in [-0.4, -0.2) is 31.8 Å². The zero-order valence-corrected chi connectivity index (χ0v) is 21.0. The first-order chi connectivity index (χ1) is 17.9. The third-order valence-electron chi connectivity index (χ3n) is 6.55. The van der Waals surface area contributed by atoms with E-state index >= 15 is 0 Å². The molecule has 1 fully saturated rings. The maximum Gasteiger partial charge on any atom is 0.342 e. The number of aromatic nitrogens is 3. The van der Waals surface area contributed by atoms with Crippen LogP contribution in [0.4, 0.5) is 10.5 Å². The van der Waals surface area contributed by atoms with Gasteiger partial charge in [-0.25, -0.2) is 9.78 Å². The molecule has 0 spiro atoms. The van der Waals surface area contributed by atoms with Crippen molar-refractivity contribution in [2.75, 3.05) is 5.32 Å². The van der Waals surface area contributed by atoms with Gasteiger partial charge in [-0.2, -0.15) is 9.78 Å². The van der Waals surface area contributed by atoms with E-state index in [0.717, 1.165) is 36.1 Å². The predicted molar refractivity (Wildman–Crippen MR) is 142 cm³/mol. The monoisotopic (exact) mass is 515 g/mol. The summed E-state index contributed by atoms with van der Waals surface area (Å²) in [6.07, 6.45) is 4.59. The maximum atomic E-state index is 13.1. The van der Waals surface area contributed by atoms with Gasteiger partial charge in [0.15, 0.2) is 0 Å². The van der Waals surface area contributed by atoms with Crippen LogP contribution < -0.4 is 10.6 Å². The number of hydrogen-bond acceptors (Lipinski definition) is 5. The van der Waals surface area contributed by atoms with Crippen molar-refractivity contribution in [2.24, 2.45) is 0 Å². The maximum absolute atomic E-state index is 13.1. The van der Waals surface area contributed by atoms with Crippen LogP contribution in [0.3, 0.4) is 0 Å². The molecule has 0 aliphatic heterocycles. The Kier molecular flexibility index (Phi) is 6.92. The number of phenols is 1. The van der Waals surface area contributed by atoms with Crippen molar-refractivity contribution in [3.05, 3.63) is 94.4 Å². The molecule has 0 atom stereocenters. The molecule has 8 nitrogen and oxygen atoms in total. The smallest absolute Gasteiger partial charge is 0.342 e. The minimum absolute atomic E-state index is 0.0695. The second-order valence-electron chi connectivity index (χ2n) is 9.17. The van der Waals surface area contributed by atoms with Crippen molar-refractivity contribution < 1.29 is 14.7 Å². The van der Waals surface area contributed by atoms with Crippen molar-refractivity contribution >= 4 is 29.2 Å². The van der Waals surface area contributed by atoms with Gasteiger partial charge >= 0.3 is 6.03 Å². The summed E-state index contributed by atoms with van der Waals surface area (Å²) in [6.45, 7) is 2.41. The Bertz CT molecular complexity index is 1460. The highest BCUT2D eigenvalue weighted by atomic mass is 35.5. The Morgan fingerprint density at radius 2 is 1.89 bits per heavy atom. The fourth-order valence-corrected chi connectivity index (χ4v) is 4.43. The molecule has 5 rings (SSSR count). The van der Waals surface area contributed by atoms with Crippen LogP contribution in [0.15, 0.2) is 66.9 Å². The standard InChI is InChI=1S/C28H26ClN5O3/c1-17-7-9-18(10-8-17)16-31-28(37)34-24(19-4-2-5-19)15-23(33-34)21-12-11-20(14-25(21)35)32-27(36)22-6-3-13-30-26(22)29/h3,6-15,19,35H,2,4-5,16H2,1H3,(H,31,37)(H,32,36). The molecular formula is C28H26ClN5O3. The summed E-state index contributed by atoms with van der Waals surface area (Å²) < 4.78 is 1.41. The SMILES string of the molecule is Cc1ccc(CNC(=O)n2nc(-c3ccc(NC(=O)c4cccnc4Cl)cc3O)cc2C2CCC2)cc1. The van der Waals surface area contributed by atoms with Crippen LogP contribution in [0.25, 0.3) is 11.3 Å². The molecule has 0 radical (unpaired) electrons. The highest BCUT2D eigenvalue weighted by molar-refractivity contribution is 6.33. The second kappa shape index (κ2) is 10.4. The number of carbonyl (C=O) groups is 2. The summed E-state index contributed by atoms with van der Waals surface area (Å²) in [4.78, 5) is 29.5. The first-order valence-corrected chi connectivity index (χ1v) is 12.5. The topological polar surface area (TPSA) is 109 Å². The lowest BCUT2D eigenvalue weighted by Gasteiger charge is -2.25. The summed E-state index contributed by atoms with van der Waals surface area (Å²) in [7, 11) is 0. The van der Waals surface area contributed by atoms with E-state index in [1.807, 2.05) is 37.3 Å². The number of rotatable bonds is 6. The van der Waals surface area contributed by atoms with Gasteiger partial charge in [0.25, 0.3) is 5.91 Å². The molecule has 2 aromatic heterocycles. The zero-order valence-electron chi connectivity index (χ0n) is 20.2. The lowest BCUT2D eigenvalue weighted by Crippen LogP contribution is -2.31. The van der Waals surface area contributed by atoms with Crippen molar-refractivity contribution in [3.8, 4) is 17.0 Å². The Hall–Kier alpha value is -4.17. The van der Waals surface area contributed by atoms with E-state index in [2.05, 4.69) is 20.7 Å². The van der Waals surface area contributed by atoms with Gasteiger partial charge in [0.2, 0.25) is 0 Å². The number of amides is 2. The quantitative estimate of drug-likeness (QED) is 0.277. The number of anilines is 1. The van der Waals surface area contributed by atoms with Crippen LogP contribution in [0, 0.1) is 6.92 Å². The van der Waals surface area contributed by atoms with Crippen LogP contribution in [0.5, 0.6) is 5.75 Å². The molecule has 2 heterocycles. The molecule has 188 valence electrons. The number of aromatic hydroxyl groups is 1. The van der Waals surface area contributed by atoms with Crippen LogP contribution >= 0.6 is 11.6 Å². The van der Waals surface area contributed by atoms with Gasteiger partial charge in [0, 0.05) is 36.0 Å². The van der Waals surface area contributed by atoms with E-state index in [9.17, 15) is 14.7 Å². The molecule has 1 aliphatic carbocycles. The number of aryl methyl sites for hydroxylation is 1. The molecule has 1 aliphatic rings. The molecule has 3 N–H and O–H groups in total. The van der Waals surface area contributed by atoms with E-state index in [4.69, 9.17) is 11.6 Å². The van der Waals surface area contributed by atoms with Gasteiger partial charge in [0.05, 0.1) is 17.0 Å². The summed E-state index contributed by atoms with van der Waals surface area (Å²) in [5, 5.41) is 21.1. The summed E-state index contributed by atoms with van der Waals surface area (Å²) in [5.41, 5.74) is 4.55. The average Bonchev–Trinajstić information content (AvgIpc) is 3.27. The number of pyridine rings is 1. The molecule has 0 unspecified atom stereocenters. The van der Waals surface area contributed by atoms with Gasteiger partial charge in [-0.3, -0.25) is 4.79 Å². The van der Waals surface area contributed by atoms with Crippen LogP contribution in [-0.2, 0) is 6.54 Å². The normalized spacial score (nSPS) is 13.1. The third-order valence-corrected chi connectivity index (χ3v) is 6.85. The molecule has 2 amide bonds. The summed E-state index contributed by atoms with van der Waals surface area (Å²) in [5.74, 6) is -0.261. The third kappa shape index (κ3) is 5.34. The minimum atomic E-state index is -0.438. The van der Waals surface area contributed by atoms with Crippen molar-refractivity contribution in [1.29, 1.82) is 0 Å². The first kappa shape index (κ1) is 24.5. The molecule has 0 bridgehead atoms. The van der Waals surface area contributed by atoms with Gasteiger partial charge < -0.3 is 15.7 Å². The molecule has 4 aromatic rings. The van der Waals surface area contributed by atoms with Crippen molar-refractivity contribution in [2.45, 2.75) is 38.6 Å². The summed E-state index contributed by atoms with van der Waals surface area (Å²) >= 11 is 6.01. The van der Waals surface area contributed by atoms with E-state index in [0.29, 0.717) is 23.5 Å². The van der Waals surface area contributed by atoms with Crippen LogP contribution in [0.2, 0.25) is 5.15 Å². The molecule has 9 heteroatoms. The first-order valence-electron chi connectivity index (χ1n) is 12.1. The largest absolute Gasteiger partial charge is 0.507 e. The number of phenolic OH excluding ortho intramolecular Hbond substituents is 1. The van der Waals surface area contributed by atoms with Crippen molar-refractivity contribution in [1.82, 2.24) is 20.1 Å². The highest BCUT2D eigenvalue weighted by Gasteiger charge is 2.27. The van der Waals surface area contributed by atoms with Gasteiger partial charge in [-0.15, -0.1) is 0 Å².